The van der Waals surface area contributed by atoms with Gasteiger partial charge in [-0.3, -0.25) is 9.59 Å². The maximum atomic E-state index is 13.2. The van der Waals surface area contributed by atoms with Gasteiger partial charge < -0.3 is 15.2 Å². The molecule has 3 heterocycles. The van der Waals surface area contributed by atoms with Crippen LogP contribution in [0.25, 0.3) is 10.9 Å². The van der Waals surface area contributed by atoms with Gasteiger partial charge in [0.1, 0.15) is 5.84 Å². The van der Waals surface area contributed by atoms with Crippen molar-refractivity contribution in [1.29, 1.82) is 0 Å². The van der Waals surface area contributed by atoms with E-state index in [4.69, 9.17) is 0 Å². The van der Waals surface area contributed by atoms with E-state index in [0.29, 0.717) is 11.4 Å². The Morgan fingerprint density at radius 2 is 1.86 bits per heavy atom. The van der Waals surface area contributed by atoms with Gasteiger partial charge in [-0.1, -0.05) is 42.5 Å². The second kappa shape index (κ2) is 6.60. The van der Waals surface area contributed by atoms with Crippen LogP contribution in [0.5, 0.6) is 0 Å². The number of fused-ring (bicyclic) bond motifs is 2. The summed E-state index contributed by atoms with van der Waals surface area (Å²) < 4.78 is 0. The molecule has 0 saturated carbocycles. The highest BCUT2D eigenvalue weighted by atomic mass is 16.2. The van der Waals surface area contributed by atoms with Gasteiger partial charge in [0, 0.05) is 35.3 Å². The minimum atomic E-state index is -1.32. The zero-order valence-electron chi connectivity index (χ0n) is 15.5. The minimum absolute atomic E-state index is 0.277. The average molecular weight is 382 g/mol. The lowest BCUT2D eigenvalue weighted by Gasteiger charge is -2.37. The lowest BCUT2D eigenvalue weighted by molar-refractivity contribution is -0.126. The van der Waals surface area contributed by atoms with E-state index < -0.39 is 11.6 Å². The Kier molecular flexibility index (Phi) is 3.91. The molecule has 1 unspecified atom stereocenters. The van der Waals surface area contributed by atoms with Crippen LogP contribution in [0.1, 0.15) is 15.9 Å². The molecule has 6 nitrogen and oxygen atoms in total. The predicted octanol–water partition coefficient (Wildman–Crippen LogP) is 3.16. The Morgan fingerprint density at radius 3 is 2.72 bits per heavy atom. The first kappa shape index (κ1) is 17.2. The summed E-state index contributed by atoms with van der Waals surface area (Å²) in [5.74, 6) is -0.192. The number of aromatic nitrogens is 1. The predicted molar refractivity (Wildman–Crippen MR) is 111 cm³/mol. The molecule has 0 aliphatic carbocycles. The van der Waals surface area contributed by atoms with E-state index >= 15 is 0 Å². The summed E-state index contributed by atoms with van der Waals surface area (Å²) in [5, 5.41) is 4.00. The van der Waals surface area contributed by atoms with Crippen molar-refractivity contribution >= 4 is 28.6 Å². The first-order chi connectivity index (χ1) is 14.2. The molecule has 0 fully saturated rings. The number of amides is 2. The number of nitrogens with zero attached hydrogens (tertiary/aromatic N) is 2. The van der Waals surface area contributed by atoms with Gasteiger partial charge in [-0.25, -0.2) is 0 Å². The van der Waals surface area contributed by atoms with Crippen molar-refractivity contribution in [1.82, 2.24) is 15.2 Å². The molecule has 2 N–H and O–H groups in total. The standard InChI is InChI=1S/C23H18N4O2/c28-21(16-8-2-1-3-9-16)26-23(22(29)25-20-12-6-7-13-27(20)23)14-17-15-24-19-11-5-4-10-18(17)19/h1-13,15,24H,14H2,(H,26,28). The molecule has 2 amide bonds. The normalized spacial score (nSPS) is 20.1. The largest absolute Gasteiger partial charge is 0.361 e. The molecule has 2 aliphatic heterocycles. The Labute approximate surface area is 167 Å². The number of nitrogens with one attached hydrogen (secondary N) is 2. The van der Waals surface area contributed by atoms with Crippen molar-refractivity contribution in [3.8, 4) is 0 Å². The first-order valence-electron chi connectivity index (χ1n) is 9.37. The molecule has 29 heavy (non-hydrogen) atoms. The van der Waals surface area contributed by atoms with Crippen LogP contribution >= 0.6 is 0 Å². The van der Waals surface area contributed by atoms with Gasteiger partial charge in [0.2, 0.25) is 5.66 Å². The van der Waals surface area contributed by atoms with Crippen molar-refractivity contribution in [2.24, 2.45) is 4.99 Å². The summed E-state index contributed by atoms with van der Waals surface area (Å²) in [6.07, 6.45) is 9.36. The van der Waals surface area contributed by atoms with E-state index in [1.807, 2.05) is 48.7 Å². The van der Waals surface area contributed by atoms with E-state index in [2.05, 4.69) is 15.3 Å². The number of aliphatic imine (C=N–C) groups is 1. The lowest BCUT2D eigenvalue weighted by atomic mass is 9.96. The Bertz CT molecular complexity index is 1210. The molecule has 0 saturated heterocycles. The number of carbonyl (C=O) groups excluding carboxylic acids is 2. The highest BCUT2D eigenvalue weighted by Gasteiger charge is 2.51. The topological polar surface area (TPSA) is 77.6 Å². The van der Waals surface area contributed by atoms with Gasteiger partial charge in [0.25, 0.3) is 11.8 Å². The number of carbonyl (C=O) groups is 2. The quantitative estimate of drug-likeness (QED) is 0.728. The number of hydrogen-bond acceptors (Lipinski definition) is 3. The number of amidine groups is 1. The molecule has 6 heteroatoms. The molecule has 1 aromatic heterocycles. The summed E-state index contributed by atoms with van der Waals surface area (Å²) in [6, 6.07) is 16.8. The fourth-order valence-electron chi connectivity index (χ4n) is 3.87. The van der Waals surface area contributed by atoms with Gasteiger partial charge in [-0.2, -0.15) is 4.99 Å². The van der Waals surface area contributed by atoms with Crippen molar-refractivity contribution in [3.63, 3.8) is 0 Å². The van der Waals surface area contributed by atoms with Crippen LogP contribution in [0.3, 0.4) is 0 Å². The molecular weight excluding hydrogens is 364 g/mol. The number of H-pyrrole nitrogens is 1. The first-order valence-corrected chi connectivity index (χ1v) is 9.37. The third-order valence-corrected chi connectivity index (χ3v) is 5.30. The molecule has 2 aromatic carbocycles. The molecule has 5 rings (SSSR count). The van der Waals surface area contributed by atoms with Gasteiger partial charge in [-0.15, -0.1) is 0 Å². The highest BCUT2D eigenvalue weighted by Crippen LogP contribution is 2.32. The molecule has 2 aliphatic rings. The van der Waals surface area contributed by atoms with Crippen molar-refractivity contribution < 1.29 is 9.59 Å². The van der Waals surface area contributed by atoms with Crippen LogP contribution in [0, 0.1) is 0 Å². The molecule has 0 spiro atoms. The van der Waals surface area contributed by atoms with Gasteiger partial charge >= 0.3 is 0 Å². The minimum Gasteiger partial charge on any atom is -0.361 e. The van der Waals surface area contributed by atoms with Crippen LogP contribution in [-0.4, -0.2) is 33.2 Å². The Balaban J connectivity index is 1.58. The molecule has 0 radical (unpaired) electrons. The highest BCUT2D eigenvalue weighted by molar-refractivity contribution is 6.14. The summed E-state index contributed by atoms with van der Waals surface area (Å²) >= 11 is 0. The monoisotopic (exact) mass is 382 g/mol. The summed E-state index contributed by atoms with van der Waals surface area (Å²) in [7, 11) is 0. The number of benzene rings is 2. The van der Waals surface area contributed by atoms with Crippen LogP contribution in [-0.2, 0) is 11.2 Å². The molecule has 1 atom stereocenters. The van der Waals surface area contributed by atoms with Crippen LogP contribution in [0.2, 0.25) is 0 Å². The van der Waals surface area contributed by atoms with Gasteiger partial charge in [-0.05, 0) is 35.9 Å². The zero-order chi connectivity index (χ0) is 19.8. The average Bonchev–Trinajstić information content (AvgIpc) is 3.28. The third-order valence-electron chi connectivity index (χ3n) is 5.30. The number of allylic oxidation sites excluding steroid dienone is 2. The smallest absolute Gasteiger partial charge is 0.295 e. The summed E-state index contributed by atoms with van der Waals surface area (Å²) in [5.41, 5.74) is 1.08. The molecule has 142 valence electrons. The van der Waals surface area contributed by atoms with Crippen molar-refractivity contribution in [2.45, 2.75) is 12.1 Å². The van der Waals surface area contributed by atoms with E-state index in [9.17, 15) is 9.59 Å². The van der Waals surface area contributed by atoms with Crippen LogP contribution < -0.4 is 5.32 Å². The van der Waals surface area contributed by atoms with Gasteiger partial charge in [0.15, 0.2) is 0 Å². The fourth-order valence-corrected chi connectivity index (χ4v) is 3.87. The Hall–Kier alpha value is -3.93. The van der Waals surface area contributed by atoms with Crippen LogP contribution in [0.15, 0.2) is 90.2 Å². The maximum Gasteiger partial charge on any atom is 0.295 e. The zero-order valence-corrected chi connectivity index (χ0v) is 15.5. The number of hydrogen-bond donors (Lipinski definition) is 2. The van der Waals surface area contributed by atoms with Crippen LogP contribution in [0.4, 0.5) is 0 Å². The number of aromatic amines is 1. The summed E-state index contributed by atoms with van der Waals surface area (Å²) in [4.78, 5) is 35.4. The molecular formula is C23H18N4O2. The molecule has 0 bridgehead atoms. The fraction of sp³-hybridized carbons (Fsp3) is 0.0870. The van der Waals surface area contributed by atoms with Crippen molar-refractivity contribution in [3.05, 3.63) is 96.3 Å². The third kappa shape index (κ3) is 2.77. The van der Waals surface area contributed by atoms with E-state index in [1.165, 1.54) is 0 Å². The second-order valence-corrected chi connectivity index (χ2v) is 7.06. The lowest BCUT2D eigenvalue weighted by Crippen LogP contribution is -2.63. The van der Waals surface area contributed by atoms with E-state index in [1.54, 1.807) is 41.4 Å². The number of para-hydroxylation sites is 1. The number of rotatable bonds is 4. The van der Waals surface area contributed by atoms with Crippen molar-refractivity contribution in [2.75, 3.05) is 0 Å². The van der Waals surface area contributed by atoms with Gasteiger partial charge in [0.05, 0.1) is 0 Å². The van der Waals surface area contributed by atoms with E-state index in [0.717, 1.165) is 16.5 Å². The molecule has 3 aromatic rings. The second-order valence-electron chi connectivity index (χ2n) is 7.06. The van der Waals surface area contributed by atoms with E-state index in [-0.39, 0.29) is 12.3 Å². The maximum absolute atomic E-state index is 13.2. The summed E-state index contributed by atoms with van der Waals surface area (Å²) in [6.45, 7) is 0. The Morgan fingerprint density at radius 1 is 1.07 bits per heavy atom. The SMILES string of the molecule is O=C(NC1(Cc2c[nH]c3ccccc23)C(=O)N=C2C=CC=CN21)c1ccccc1.